The van der Waals surface area contributed by atoms with E-state index >= 15 is 0 Å². The number of nitrogens with one attached hydrogen (secondary N) is 2. The van der Waals surface area contributed by atoms with Gasteiger partial charge >= 0.3 is 6.03 Å². The molecule has 0 unspecified atom stereocenters. The Morgan fingerprint density at radius 1 is 1.18 bits per heavy atom. The second-order valence-corrected chi connectivity index (χ2v) is 6.35. The molecule has 9 nitrogen and oxygen atoms in total. The number of imide groups is 1. The molecule has 0 spiro atoms. The summed E-state index contributed by atoms with van der Waals surface area (Å²) in [5.41, 5.74) is 1.18. The highest BCUT2D eigenvalue weighted by Gasteiger charge is 2.28. The van der Waals surface area contributed by atoms with Crippen LogP contribution in [0.1, 0.15) is 0 Å². The number of nitrogens with zero attached hydrogens (tertiary/aromatic N) is 4. The fraction of sp³-hybridized carbons (Fsp3) is 0.500. The van der Waals surface area contributed by atoms with Crippen LogP contribution in [0.3, 0.4) is 0 Å². The largest absolute Gasteiger partial charge is 0.497 e. The Morgan fingerprint density at radius 2 is 1.86 bits per heavy atom. The fourth-order valence-electron chi connectivity index (χ4n) is 3.26. The molecule has 2 heterocycles. The van der Waals surface area contributed by atoms with Crippen LogP contribution >= 0.6 is 24.0 Å². The summed E-state index contributed by atoms with van der Waals surface area (Å²) in [7, 11) is 3.41. The summed E-state index contributed by atoms with van der Waals surface area (Å²) < 4.78 is 5.21. The topological polar surface area (TPSA) is 89.5 Å². The minimum atomic E-state index is -0.329. The van der Waals surface area contributed by atoms with Gasteiger partial charge in [0.1, 0.15) is 5.75 Å². The minimum Gasteiger partial charge on any atom is -0.497 e. The van der Waals surface area contributed by atoms with Gasteiger partial charge in [-0.05, 0) is 24.3 Å². The highest BCUT2D eigenvalue weighted by molar-refractivity contribution is 14.0. The summed E-state index contributed by atoms with van der Waals surface area (Å²) in [6, 6.07) is 7.75. The fourth-order valence-corrected chi connectivity index (χ4v) is 3.26. The molecule has 0 saturated carbocycles. The summed E-state index contributed by atoms with van der Waals surface area (Å²) in [5.74, 6) is 1.45. The number of urea groups is 1. The standard InChI is InChI=1S/C18H26N6O3.HI/c1-19-17(20-7-8-24-16(25)13-21-18(24)26)23-11-9-22(10-12-23)14-3-5-15(27-2)6-4-14;/h3-6H,7-13H2,1-2H3,(H,19,20)(H,21,26);1H. The molecular formula is C18H27IN6O3. The number of guanidine groups is 1. The van der Waals surface area contributed by atoms with Crippen molar-refractivity contribution in [3.63, 3.8) is 0 Å². The number of halogens is 1. The van der Waals surface area contributed by atoms with Gasteiger partial charge in [-0.3, -0.25) is 14.7 Å². The first kappa shape index (κ1) is 22.1. The molecule has 0 bridgehead atoms. The molecule has 1 aromatic carbocycles. The Labute approximate surface area is 182 Å². The van der Waals surface area contributed by atoms with Crippen molar-refractivity contribution in [1.29, 1.82) is 0 Å². The molecule has 1 aromatic rings. The lowest BCUT2D eigenvalue weighted by molar-refractivity contribution is -0.124. The summed E-state index contributed by atoms with van der Waals surface area (Å²) in [6.07, 6.45) is 0. The maximum atomic E-state index is 11.6. The van der Waals surface area contributed by atoms with Gasteiger partial charge in [0.15, 0.2) is 5.96 Å². The van der Waals surface area contributed by atoms with E-state index in [2.05, 4.69) is 37.6 Å². The van der Waals surface area contributed by atoms with Crippen LogP contribution in [0.5, 0.6) is 5.75 Å². The molecule has 2 N–H and O–H groups in total. The highest BCUT2D eigenvalue weighted by atomic mass is 127. The monoisotopic (exact) mass is 502 g/mol. The number of aliphatic imine (C=N–C) groups is 1. The van der Waals surface area contributed by atoms with Crippen LogP contribution in [-0.2, 0) is 4.79 Å². The molecule has 0 aromatic heterocycles. The number of anilines is 1. The lowest BCUT2D eigenvalue weighted by atomic mass is 10.2. The van der Waals surface area contributed by atoms with E-state index in [-0.39, 0.29) is 42.5 Å². The van der Waals surface area contributed by atoms with E-state index in [1.165, 1.54) is 10.6 Å². The Balaban J connectivity index is 0.00000280. The first-order chi connectivity index (χ1) is 13.1. The lowest BCUT2D eigenvalue weighted by Gasteiger charge is -2.37. The predicted octanol–water partition coefficient (Wildman–Crippen LogP) is 0.562. The van der Waals surface area contributed by atoms with E-state index in [0.717, 1.165) is 37.9 Å². The molecule has 2 fully saturated rings. The maximum absolute atomic E-state index is 11.6. The smallest absolute Gasteiger partial charge is 0.324 e. The summed E-state index contributed by atoms with van der Waals surface area (Å²) in [5, 5.41) is 5.76. The molecule has 2 aliphatic rings. The number of benzene rings is 1. The molecule has 3 amide bonds. The van der Waals surface area contributed by atoms with Gasteiger partial charge in [0.05, 0.1) is 13.7 Å². The third-order valence-corrected chi connectivity index (χ3v) is 4.78. The summed E-state index contributed by atoms with van der Waals surface area (Å²) >= 11 is 0. The normalized spacial score (nSPS) is 17.4. The average Bonchev–Trinajstić information content (AvgIpc) is 3.03. The SMILES string of the molecule is CN=C(NCCN1C(=O)CNC1=O)N1CCN(c2ccc(OC)cc2)CC1.I. The van der Waals surface area contributed by atoms with Crippen LogP contribution < -0.4 is 20.3 Å². The van der Waals surface area contributed by atoms with E-state index < -0.39 is 0 Å². The van der Waals surface area contributed by atoms with Crippen LogP contribution in [-0.4, -0.2) is 87.7 Å². The molecular weight excluding hydrogens is 475 g/mol. The molecule has 0 aliphatic carbocycles. The molecule has 2 aliphatic heterocycles. The van der Waals surface area contributed by atoms with Crippen molar-refractivity contribution in [3.8, 4) is 5.75 Å². The third-order valence-electron chi connectivity index (χ3n) is 4.78. The van der Waals surface area contributed by atoms with Gasteiger partial charge in [-0.2, -0.15) is 0 Å². The highest BCUT2D eigenvalue weighted by Crippen LogP contribution is 2.20. The van der Waals surface area contributed by atoms with Gasteiger partial charge in [0.25, 0.3) is 0 Å². The van der Waals surface area contributed by atoms with Crippen LogP contribution in [0, 0.1) is 0 Å². The van der Waals surface area contributed by atoms with E-state index in [0.29, 0.717) is 13.1 Å². The van der Waals surface area contributed by atoms with Gasteiger partial charge in [-0.1, -0.05) is 0 Å². The minimum absolute atomic E-state index is 0. The molecule has 0 atom stereocenters. The van der Waals surface area contributed by atoms with E-state index in [4.69, 9.17) is 4.74 Å². The second kappa shape index (κ2) is 10.3. The maximum Gasteiger partial charge on any atom is 0.324 e. The molecule has 2 saturated heterocycles. The first-order valence-corrected chi connectivity index (χ1v) is 9.05. The number of hydrogen-bond donors (Lipinski definition) is 2. The van der Waals surface area contributed by atoms with Crippen LogP contribution in [0.15, 0.2) is 29.3 Å². The number of methoxy groups -OCH3 is 1. The van der Waals surface area contributed by atoms with Crippen molar-refractivity contribution >= 4 is 47.6 Å². The number of rotatable bonds is 5. The number of carbonyl (C=O) groups excluding carboxylic acids is 2. The van der Waals surface area contributed by atoms with Gasteiger partial charge in [0, 0.05) is 52.0 Å². The van der Waals surface area contributed by atoms with Crippen LogP contribution in [0.4, 0.5) is 10.5 Å². The summed E-state index contributed by atoms with van der Waals surface area (Å²) in [4.78, 5) is 33.2. The zero-order valence-corrected chi connectivity index (χ0v) is 18.5. The third kappa shape index (κ3) is 5.18. The summed E-state index contributed by atoms with van der Waals surface area (Å²) in [6.45, 7) is 4.35. The van der Waals surface area contributed by atoms with Crippen molar-refractivity contribution < 1.29 is 14.3 Å². The zero-order chi connectivity index (χ0) is 19.2. The van der Waals surface area contributed by atoms with Gasteiger partial charge in [-0.15, -0.1) is 24.0 Å². The molecule has 154 valence electrons. The zero-order valence-electron chi connectivity index (χ0n) is 16.2. The van der Waals surface area contributed by atoms with E-state index in [9.17, 15) is 9.59 Å². The van der Waals surface area contributed by atoms with Gasteiger partial charge < -0.3 is 25.2 Å². The molecule has 10 heteroatoms. The Kier molecular flexibility index (Phi) is 8.15. The quantitative estimate of drug-likeness (QED) is 0.265. The number of piperazine rings is 1. The number of hydrogen-bond acceptors (Lipinski definition) is 5. The van der Waals surface area contributed by atoms with E-state index in [1.807, 2.05) is 12.1 Å². The Bertz CT molecular complexity index is 688. The molecule has 3 rings (SSSR count). The van der Waals surface area contributed by atoms with Crippen molar-refractivity contribution in [2.45, 2.75) is 0 Å². The van der Waals surface area contributed by atoms with E-state index in [1.54, 1.807) is 14.2 Å². The first-order valence-electron chi connectivity index (χ1n) is 9.05. The average molecular weight is 502 g/mol. The molecule has 28 heavy (non-hydrogen) atoms. The number of ether oxygens (including phenoxy) is 1. The van der Waals surface area contributed by atoms with Crippen molar-refractivity contribution in [2.24, 2.45) is 4.99 Å². The van der Waals surface area contributed by atoms with Crippen LogP contribution in [0.25, 0.3) is 0 Å². The Morgan fingerprint density at radius 3 is 2.39 bits per heavy atom. The van der Waals surface area contributed by atoms with Gasteiger partial charge in [-0.25, -0.2) is 4.79 Å². The van der Waals surface area contributed by atoms with Crippen molar-refractivity contribution in [2.75, 3.05) is 64.9 Å². The number of carbonyl (C=O) groups is 2. The lowest BCUT2D eigenvalue weighted by Crippen LogP contribution is -2.53. The van der Waals surface area contributed by atoms with Crippen molar-refractivity contribution in [1.82, 2.24) is 20.4 Å². The van der Waals surface area contributed by atoms with Crippen LogP contribution in [0.2, 0.25) is 0 Å². The number of amides is 3. The van der Waals surface area contributed by atoms with Gasteiger partial charge in [0.2, 0.25) is 5.91 Å². The van der Waals surface area contributed by atoms with Crippen molar-refractivity contribution in [3.05, 3.63) is 24.3 Å². The predicted molar refractivity (Wildman–Crippen MR) is 119 cm³/mol. The Hall–Kier alpha value is -2.24. The second-order valence-electron chi connectivity index (χ2n) is 6.35. The molecule has 0 radical (unpaired) electrons.